The molecular formula is C13H17ClN2OS. The van der Waals surface area contributed by atoms with E-state index >= 15 is 0 Å². The topological polar surface area (TPSA) is 46.3 Å². The predicted molar refractivity (Wildman–Crippen MR) is 78.8 cm³/mol. The fourth-order valence-corrected chi connectivity index (χ4v) is 1.94. The highest BCUT2D eigenvalue weighted by Crippen LogP contribution is 2.11. The van der Waals surface area contributed by atoms with Gasteiger partial charge in [0.25, 0.3) is 0 Å². The second-order valence-corrected chi connectivity index (χ2v) is 5.29. The number of rotatable bonds is 5. The van der Waals surface area contributed by atoms with Gasteiger partial charge >= 0.3 is 0 Å². The maximum absolute atomic E-state index is 12.0. The first kappa shape index (κ1) is 14.9. The highest BCUT2D eigenvalue weighted by Gasteiger charge is 2.16. The van der Waals surface area contributed by atoms with Gasteiger partial charge in [-0.05, 0) is 24.6 Å². The zero-order valence-corrected chi connectivity index (χ0v) is 12.1. The maximum Gasteiger partial charge on any atom is 0.226 e. The van der Waals surface area contributed by atoms with Gasteiger partial charge in [-0.25, -0.2) is 0 Å². The molecule has 98 valence electrons. The minimum Gasteiger partial charge on any atom is -0.393 e. The minimum absolute atomic E-state index is 0.0160. The Morgan fingerprint density at radius 3 is 2.50 bits per heavy atom. The summed E-state index contributed by atoms with van der Waals surface area (Å²) in [6.07, 6.45) is 0.896. The van der Waals surface area contributed by atoms with Gasteiger partial charge in [0, 0.05) is 24.5 Å². The molecule has 0 heterocycles. The fourth-order valence-electron chi connectivity index (χ4n) is 1.58. The van der Waals surface area contributed by atoms with Crippen molar-refractivity contribution in [3.05, 3.63) is 34.9 Å². The van der Waals surface area contributed by atoms with Crippen LogP contribution in [0.15, 0.2) is 24.3 Å². The number of hydrogen-bond donors (Lipinski definition) is 1. The molecule has 0 aliphatic heterocycles. The van der Waals surface area contributed by atoms with Crippen LogP contribution in [0.3, 0.4) is 0 Å². The van der Waals surface area contributed by atoms with Crippen molar-refractivity contribution in [1.82, 2.24) is 4.90 Å². The molecule has 1 aromatic rings. The third-order valence-corrected chi connectivity index (χ3v) is 3.24. The van der Waals surface area contributed by atoms with Gasteiger partial charge in [-0.3, -0.25) is 4.79 Å². The number of carbonyl (C=O) groups is 1. The van der Waals surface area contributed by atoms with Gasteiger partial charge in [0.15, 0.2) is 0 Å². The first-order valence-electron chi connectivity index (χ1n) is 5.68. The SMILES string of the molecule is CC(CC(N)=S)N(C)C(=O)Cc1ccc(Cl)cc1. The Kier molecular flexibility index (Phi) is 5.56. The quantitative estimate of drug-likeness (QED) is 0.845. The van der Waals surface area contributed by atoms with Crippen molar-refractivity contribution in [2.24, 2.45) is 5.73 Å². The summed E-state index contributed by atoms with van der Waals surface area (Å²) in [5.41, 5.74) is 6.42. The lowest BCUT2D eigenvalue weighted by Gasteiger charge is -2.24. The van der Waals surface area contributed by atoms with Gasteiger partial charge in [-0.15, -0.1) is 0 Å². The first-order valence-corrected chi connectivity index (χ1v) is 6.47. The van der Waals surface area contributed by atoms with E-state index in [2.05, 4.69) is 0 Å². The molecule has 0 spiro atoms. The second kappa shape index (κ2) is 6.71. The summed E-state index contributed by atoms with van der Waals surface area (Å²) in [5, 5.41) is 0.668. The van der Waals surface area contributed by atoms with Crippen LogP contribution in [0.2, 0.25) is 5.02 Å². The fraction of sp³-hybridized carbons (Fsp3) is 0.385. The summed E-state index contributed by atoms with van der Waals surface area (Å²) in [4.78, 5) is 14.1. The van der Waals surface area contributed by atoms with Crippen LogP contribution < -0.4 is 5.73 Å². The summed E-state index contributed by atoms with van der Waals surface area (Å²) in [6.45, 7) is 1.93. The molecular weight excluding hydrogens is 268 g/mol. The van der Waals surface area contributed by atoms with E-state index in [4.69, 9.17) is 29.6 Å². The van der Waals surface area contributed by atoms with Crippen molar-refractivity contribution in [3.63, 3.8) is 0 Å². The molecule has 0 aromatic heterocycles. The third-order valence-electron chi connectivity index (χ3n) is 2.82. The molecule has 18 heavy (non-hydrogen) atoms. The third kappa shape index (κ3) is 4.63. The number of nitrogens with zero attached hydrogens (tertiary/aromatic N) is 1. The second-order valence-electron chi connectivity index (χ2n) is 4.33. The van der Waals surface area contributed by atoms with Crippen molar-refractivity contribution in [3.8, 4) is 0 Å². The molecule has 0 radical (unpaired) electrons. The molecule has 0 bridgehead atoms. The van der Waals surface area contributed by atoms with Crippen molar-refractivity contribution < 1.29 is 4.79 Å². The van der Waals surface area contributed by atoms with Gasteiger partial charge < -0.3 is 10.6 Å². The molecule has 1 atom stereocenters. The van der Waals surface area contributed by atoms with E-state index in [1.807, 2.05) is 19.1 Å². The van der Waals surface area contributed by atoms with Crippen molar-refractivity contribution >= 4 is 34.7 Å². The molecule has 5 heteroatoms. The van der Waals surface area contributed by atoms with E-state index in [9.17, 15) is 4.79 Å². The Bertz CT molecular complexity index is 433. The lowest BCUT2D eigenvalue weighted by atomic mass is 10.1. The summed E-state index contributed by atoms with van der Waals surface area (Å²) in [6, 6.07) is 7.28. The first-order chi connectivity index (χ1) is 8.40. The van der Waals surface area contributed by atoms with Crippen molar-refractivity contribution in [2.45, 2.75) is 25.8 Å². The number of amides is 1. The Morgan fingerprint density at radius 2 is 2.00 bits per heavy atom. The molecule has 1 amide bonds. The summed E-state index contributed by atoms with van der Waals surface area (Å²) in [5.74, 6) is 0.0427. The van der Waals surface area contributed by atoms with E-state index in [0.29, 0.717) is 22.9 Å². The van der Waals surface area contributed by atoms with Crippen LogP contribution in [0.4, 0.5) is 0 Å². The summed E-state index contributed by atoms with van der Waals surface area (Å²) >= 11 is 10.6. The molecule has 0 saturated carbocycles. The summed E-state index contributed by atoms with van der Waals surface area (Å²) < 4.78 is 0. The number of hydrogen-bond acceptors (Lipinski definition) is 2. The normalized spacial score (nSPS) is 11.9. The minimum atomic E-state index is 0.0160. The predicted octanol–water partition coefficient (Wildman–Crippen LogP) is 2.41. The Morgan fingerprint density at radius 1 is 1.44 bits per heavy atom. The van der Waals surface area contributed by atoms with Crippen LogP contribution in [0.1, 0.15) is 18.9 Å². The number of halogens is 1. The Labute approximate surface area is 118 Å². The van der Waals surface area contributed by atoms with E-state index in [0.717, 1.165) is 5.56 Å². The molecule has 2 N–H and O–H groups in total. The average molecular weight is 285 g/mol. The van der Waals surface area contributed by atoms with E-state index < -0.39 is 0 Å². The maximum atomic E-state index is 12.0. The lowest BCUT2D eigenvalue weighted by molar-refractivity contribution is -0.130. The van der Waals surface area contributed by atoms with Gasteiger partial charge in [0.2, 0.25) is 5.91 Å². The van der Waals surface area contributed by atoms with Gasteiger partial charge in [-0.2, -0.15) is 0 Å². The van der Waals surface area contributed by atoms with Gasteiger partial charge in [0.1, 0.15) is 0 Å². The number of thiocarbonyl (C=S) groups is 1. The van der Waals surface area contributed by atoms with Crippen LogP contribution in [0.5, 0.6) is 0 Å². The standard InChI is InChI=1S/C13H17ClN2OS/c1-9(7-12(15)18)16(2)13(17)8-10-3-5-11(14)6-4-10/h3-6,9H,7-8H2,1-2H3,(H2,15,18). The van der Waals surface area contributed by atoms with E-state index in [1.54, 1.807) is 24.1 Å². The number of carbonyl (C=O) groups excluding carboxylic acids is 1. The smallest absolute Gasteiger partial charge is 0.226 e. The highest BCUT2D eigenvalue weighted by molar-refractivity contribution is 7.80. The molecule has 1 unspecified atom stereocenters. The molecule has 3 nitrogen and oxygen atoms in total. The summed E-state index contributed by atoms with van der Waals surface area (Å²) in [7, 11) is 1.77. The Balaban J connectivity index is 2.59. The highest BCUT2D eigenvalue weighted by atomic mass is 35.5. The molecule has 0 aliphatic rings. The van der Waals surface area contributed by atoms with Crippen LogP contribution >= 0.6 is 23.8 Å². The average Bonchev–Trinajstić information content (AvgIpc) is 2.30. The van der Waals surface area contributed by atoms with Crippen molar-refractivity contribution in [2.75, 3.05) is 7.05 Å². The molecule has 0 aliphatic carbocycles. The van der Waals surface area contributed by atoms with Crippen LogP contribution in [-0.2, 0) is 11.2 Å². The van der Waals surface area contributed by atoms with Crippen molar-refractivity contribution in [1.29, 1.82) is 0 Å². The zero-order chi connectivity index (χ0) is 13.7. The number of likely N-dealkylation sites (N-methyl/N-ethyl adjacent to an activating group) is 1. The molecule has 1 aromatic carbocycles. The molecule has 0 saturated heterocycles. The number of benzene rings is 1. The lowest BCUT2D eigenvalue weighted by Crippen LogP contribution is -2.38. The zero-order valence-electron chi connectivity index (χ0n) is 10.5. The van der Waals surface area contributed by atoms with E-state index in [1.165, 1.54) is 0 Å². The van der Waals surface area contributed by atoms with Crippen LogP contribution in [0.25, 0.3) is 0 Å². The van der Waals surface area contributed by atoms with Gasteiger partial charge in [0.05, 0.1) is 11.4 Å². The Hall–Kier alpha value is -1.13. The monoisotopic (exact) mass is 284 g/mol. The molecule has 1 rings (SSSR count). The molecule has 0 fully saturated rings. The van der Waals surface area contributed by atoms with Crippen LogP contribution in [-0.4, -0.2) is 28.9 Å². The van der Waals surface area contributed by atoms with Crippen LogP contribution in [0, 0.1) is 0 Å². The van der Waals surface area contributed by atoms with E-state index in [-0.39, 0.29) is 11.9 Å². The van der Waals surface area contributed by atoms with Gasteiger partial charge in [-0.1, -0.05) is 36.0 Å². The number of nitrogens with two attached hydrogens (primary N) is 1. The largest absolute Gasteiger partial charge is 0.393 e.